The molecule has 0 saturated heterocycles. The summed E-state index contributed by atoms with van der Waals surface area (Å²) in [6.07, 6.45) is -9.98. The van der Waals surface area contributed by atoms with E-state index in [0.29, 0.717) is 45.1 Å². The van der Waals surface area contributed by atoms with E-state index in [4.69, 9.17) is 4.74 Å². The quantitative estimate of drug-likeness (QED) is 0.180. The lowest BCUT2D eigenvalue weighted by Crippen LogP contribution is -2.12. The van der Waals surface area contributed by atoms with Crippen LogP contribution in [0.25, 0.3) is 32.9 Å². The fraction of sp³-hybridized carbons (Fsp3) is 0.154. The Morgan fingerprint density at radius 2 is 1.54 bits per heavy atom. The number of carbonyl (C=O) groups excluding carboxylic acids is 1. The SMILES string of the molecule is CCOC(=O)c1n[nH]c2cc(-c3nnc(Nc4cc(C(F)(F)F)cc(C(F)(F)F)c4)c4ccccc34)ccc12. The third kappa shape index (κ3) is 5.07. The van der Waals surface area contributed by atoms with Gasteiger partial charge >= 0.3 is 18.3 Å². The van der Waals surface area contributed by atoms with Crippen LogP contribution in [-0.2, 0) is 17.1 Å². The maximum absolute atomic E-state index is 13.3. The highest BCUT2D eigenvalue weighted by atomic mass is 19.4. The van der Waals surface area contributed by atoms with Crippen LogP contribution in [0.3, 0.4) is 0 Å². The maximum Gasteiger partial charge on any atom is 0.416 e. The van der Waals surface area contributed by atoms with Gasteiger partial charge in [0.15, 0.2) is 11.5 Å². The van der Waals surface area contributed by atoms with Gasteiger partial charge in [-0.25, -0.2) is 4.79 Å². The number of aromatic amines is 1. The highest BCUT2D eigenvalue weighted by Gasteiger charge is 2.37. The van der Waals surface area contributed by atoms with Crippen molar-refractivity contribution < 1.29 is 35.9 Å². The number of fused-ring (bicyclic) bond motifs is 2. The van der Waals surface area contributed by atoms with Crippen molar-refractivity contribution in [1.29, 1.82) is 0 Å². The van der Waals surface area contributed by atoms with Gasteiger partial charge in [-0.05, 0) is 37.3 Å². The fourth-order valence-corrected chi connectivity index (χ4v) is 4.10. The molecule has 2 aromatic heterocycles. The number of nitrogens with one attached hydrogen (secondary N) is 2. The largest absolute Gasteiger partial charge is 0.461 e. The smallest absolute Gasteiger partial charge is 0.416 e. The second-order valence-corrected chi connectivity index (χ2v) is 8.42. The minimum atomic E-state index is -4.99. The Labute approximate surface area is 215 Å². The molecular formula is C26H17F6N5O2. The fourth-order valence-electron chi connectivity index (χ4n) is 4.10. The number of ether oxygens (including phenoxy) is 1. The van der Waals surface area contributed by atoms with E-state index in [1.807, 2.05) is 0 Å². The van der Waals surface area contributed by atoms with Gasteiger partial charge in [0.05, 0.1) is 23.3 Å². The van der Waals surface area contributed by atoms with E-state index in [-0.39, 0.29) is 24.2 Å². The molecule has 13 heteroatoms. The van der Waals surface area contributed by atoms with Crippen LogP contribution in [0.1, 0.15) is 28.5 Å². The number of aromatic nitrogens is 4. The Bertz CT molecular complexity index is 1680. The highest BCUT2D eigenvalue weighted by Crippen LogP contribution is 2.39. The van der Waals surface area contributed by atoms with Crippen molar-refractivity contribution in [1.82, 2.24) is 20.4 Å². The van der Waals surface area contributed by atoms with Crippen LogP contribution < -0.4 is 5.32 Å². The van der Waals surface area contributed by atoms with Crippen molar-refractivity contribution in [2.45, 2.75) is 19.3 Å². The van der Waals surface area contributed by atoms with E-state index in [0.717, 1.165) is 0 Å². The molecule has 5 aromatic rings. The number of alkyl halides is 6. The zero-order chi connectivity index (χ0) is 27.9. The predicted octanol–water partition coefficient (Wildman–Crippen LogP) is 7.13. The molecule has 0 radical (unpaired) electrons. The van der Waals surface area contributed by atoms with Gasteiger partial charge in [0, 0.05) is 27.4 Å². The van der Waals surface area contributed by atoms with E-state index in [2.05, 4.69) is 25.7 Å². The summed E-state index contributed by atoms with van der Waals surface area (Å²) < 4.78 is 84.9. The van der Waals surface area contributed by atoms with Gasteiger partial charge in [-0.15, -0.1) is 10.2 Å². The molecule has 0 saturated carbocycles. The number of hydrogen-bond donors (Lipinski definition) is 2. The molecule has 2 N–H and O–H groups in total. The summed E-state index contributed by atoms with van der Waals surface area (Å²) in [5, 5.41) is 19.1. The Morgan fingerprint density at radius 1 is 0.872 bits per heavy atom. The summed E-state index contributed by atoms with van der Waals surface area (Å²) in [6.45, 7) is 1.86. The van der Waals surface area contributed by atoms with E-state index in [1.165, 1.54) is 0 Å². The second-order valence-electron chi connectivity index (χ2n) is 8.42. The number of halogens is 6. The van der Waals surface area contributed by atoms with Crippen molar-refractivity contribution in [2.24, 2.45) is 0 Å². The number of benzene rings is 3. The van der Waals surface area contributed by atoms with Crippen LogP contribution in [0.2, 0.25) is 0 Å². The monoisotopic (exact) mass is 545 g/mol. The van der Waals surface area contributed by atoms with E-state index < -0.39 is 35.1 Å². The summed E-state index contributed by atoms with van der Waals surface area (Å²) in [4.78, 5) is 12.1. The second kappa shape index (κ2) is 9.57. The Morgan fingerprint density at radius 3 is 2.18 bits per heavy atom. The number of nitrogens with zero attached hydrogens (tertiary/aromatic N) is 3. The lowest BCUT2D eigenvalue weighted by molar-refractivity contribution is -0.143. The number of hydrogen-bond acceptors (Lipinski definition) is 6. The minimum Gasteiger partial charge on any atom is -0.461 e. The maximum atomic E-state index is 13.3. The lowest BCUT2D eigenvalue weighted by atomic mass is 10.0. The van der Waals surface area contributed by atoms with Crippen molar-refractivity contribution in [2.75, 3.05) is 11.9 Å². The third-order valence-electron chi connectivity index (χ3n) is 5.84. The van der Waals surface area contributed by atoms with Gasteiger partial charge in [-0.2, -0.15) is 31.4 Å². The van der Waals surface area contributed by atoms with Crippen LogP contribution in [0.4, 0.5) is 37.8 Å². The molecule has 0 amide bonds. The van der Waals surface area contributed by atoms with Crippen LogP contribution in [0.5, 0.6) is 0 Å². The lowest BCUT2D eigenvalue weighted by Gasteiger charge is -2.16. The topological polar surface area (TPSA) is 92.8 Å². The molecule has 5 rings (SSSR count). The molecule has 0 unspecified atom stereocenters. The molecule has 200 valence electrons. The van der Waals surface area contributed by atoms with Crippen LogP contribution in [-0.4, -0.2) is 33.0 Å². The normalized spacial score (nSPS) is 12.2. The first kappa shape index (κ1) is 25.9. The number of anilines is 2. The first-order valence-corrected chi connectivity index (χ1v) is 11.4. The van der Waals surface area contributed by atoms with Crippen molar-refractivity contribution in [3.05, 3.63) is 77.5 Å². The number of esters is 1. The van der Waals surface area contributed by atoms with E-state index >= 15 is 0 Å². The summed E-state index contributed by atoms with van der Waals surface area (Å²) in [7, 11) is 0. The van der Waals surface area contributed by atoms with Gasteiger partial charge in [-0.3, -0.25) is 5.10 Å². The number of rotatable bonds is 5. The molecule has 7 nitrogen and oxygen atoms in total. The zero-order valence-electron chi connectivity index (χ0n) is 19.9. The molecule has 0 bridgehead atoms. The van der Waals surface area contributed by atoms with Crippen molar-refractivity contribution in [3.63, 3.8) is 0 Å². The zero-order valence-corrected chi connectivity index (χ0v) is 19.9. The number of carbonyl (C=O) groups is 1. The third-order valence-corrected chi connectivity index (χ3v) is 5.84. The van der Waals surface area contributed by atoms with Crippen LogP contribution >= 0.6 is 0 Å². The molecule has 0 fully saturated rings. The molecule has 2 heterocycles. The van der Waals surface area contributed by atoms with Crippen LogP contribution in [0.15, 0.2) is 60.7 Å². The van der Waals surface area contributed by atoms with Gasteiger partial charge in [-0.1, -0.05) is 30.3 Å². The van der Waals surface area contributed by atoms with Gasteiger partial charge in [0.1, 0.15) is 5.69 Å². The highest BCUT2D eigenvalue weighted by molar-refractivity contribution is 6.05. The van der Waals surface area contributed by atoms with Gasteiger partial charge in [0.2, 0.25) is 0 Å². The number of H-pyrrole nitrogens is 1. The van der Waals surface area contributed by atoms with Gasteiger partial charge < -0.3 is 10.1 Å². The van der Waals surface area contributed by atoms with Crippen molar-refractivity contribution in [3.8, 4) is 11.3 Å². The van der Waals surface area contributed by atoms with E-state index in [1.54, 1.807) is 49.4 Å². The summed E-state index contributed by atoms with van der Waals surface area (Å²) in [5.74, 6) is -0.616. The molecule has 39 heavy (non-hydrogen) atoms. The molecule has 0 aliphatic carbocycles. The van der Waals surface area contributed by atoms with Gasteiger partial charge in [0.25, 0.3) is 0 Å². The molecule has 0 atom stereocenters. The Kier molecular flexibility index (Phi) is 6.36. The summed E-state index contributed by atoms with van der Waals surface area (Å²) in [6, 6.07) is 12.9. The predicted molar refractivity (Wildman–Crippen MR) is 130 cm³/mol. The molecular weight excluding hydrogens is 528 g/mol. The van der Waals surface area contributed by atoms with Crippen LogP contribution in [0, 0.1) is 0 Å². The van der Waals surface area contributed by atoms with Crippen molar-refractivity contribution >= 4 is 39.1 Å². The van der Waals surface area contributed by atoms with E-state index in [9.17, 15) is 31.1 Å². The molecule has 0 aliphatic rings. The first-order valence-electron chi connectivity index (χ1n) is 11.4. The first-order chi connectivity index (χ1) is 18.5. The molecule has 0 spiro atoms. The average molecular weight is 545 g/mol. The standard InChI is InChI=1S/C26H17F6N5O2/c1-2-39-24(38)22-19-8-7-13(9-20(19)34-36-22)21-17-5-3-4-6-18(17)23(37-35-21)33-16-11-14(25(27,28)29)10-15(12-16)26(30,31)32/h3-12H,2H2,1H3,(H,33,37)(H,34,36). The minimum absolute atomic E-state index is 0.0333. The Hall–Kier alpha value is -4.68. The summed E-state index contributed by atoms with van der Waals surface area (Å²) >= 11 is 0. The summed E-state index contributed by atoms with van der Waals surface area (Å²) in [5.41, 5.74) is -1.75. The molecule has 0 aliphatic heterocycles. The average Bonchev–Trinajstić information content (AvgIpc) is 3.31. The molecule has 3 aromatic carbocycles. The Balaban J connectivity index is 1.57.